The molecular weight excluding hydrogens is 454 g/mol. The molecule has 0 saturated carbocycles. The maximum Gasteiger partial charge on any atom is 0.252 e. The molecule has 0 bridgehead atoms. The van der Waals surface area contributed by atoms with Crippen molar-refractivity contribution in [1.29, 1.82) is 0 Å². The molecule has 184 valence electrons. The van der Waals surface area contributed by atoms with Crippen molar-refractivity contribution >= 4 is 23.6 Å². The number of carbonyl (C=O) groups excluding carboxylic acids is 2. The van der Waals surface area contributed by atoms with E-state index in [1.807, 2.05) is 11.2 Å². The van der Waals surface area contributed by atoms with Crippen molar-refractivity contribution in [2.75, 3.05) is 45.9 Å². The van der Waals surface area contributed by atoms with Crippen LogP contribution in [-0.4, -0.2) is 78.6 Å². The van der Waals surface area contributed by atoms with Gasteiger partial charge in [0.2, 0.25) is 5.91 Å². The number of carbonyl (C=O) groups is 2. The lowest BCUT2D eigenvalue weighted by Crippen LogP contribution is -2.57. The van der Waals surface area contributed by atoms with Crippen molar-refractivity contribution in [2.45, 2.75) is 37.3 Å². The van der Waals surface area contributed by atoms with E-state index in [2.05, 4.69) is 20.6 Å². The molecule has 9 nitrogen and oxygen atoms in total. The Kier molecular flexibility index (Phi) is 7.67. The zero-order valence-corrected chi connectivity index (χ0v) is 20.8. The van der Waals surface area contributed by atoms with E-state index in [9.17, 15) is 9.59 Å². The number of nitrogens with one attached hydrogen (secondary N) is 3. The summed E-state index contributed by atoms with van der Waals surface area (Å²) in [4.78, 5) is 36.2. The van der Waals surface area contributed by atoms with E-state index in [1.54, 1.807) is 43.4 Å². The third-order valence-corrected chi connectivity index (χ3v) is 7.44. The lowest BCUT2D eigenvalue weighted by Gasteiger charge is -2.44. The lowest BCUT2D eigenvalue weighted by molar-refractivity contribution is -0.135. The second kappa shape index (κ2) is 10.7. The molecule has 1 unspecified atom stereocenters. The maximum absolute atomic E-state index is 13.5. The minimum absolute atomic E-state index is 0.0317. The van der Waals surface area contributed by atoms with Crippen LogP contribution in [0.2, 0.25) is 0 Å². The van der Waals surface area contributed by atoms with E-state index >= 15 is 0 Å². The largest absolute Gasteiger partial charge is 0.493 e. The minimum atomic E-state index is -0.581. The number of rotatable bonds is 8. The number of nitrogens with zero attached hydrogens (tertiary/aromatic N) is 2. The van der Waals surface area contributed by atoms with Crippen molar-refractivity contribution in [1.82, 2.24) is 25.5 Å². The Morgan fingerprint density at radius 3 is 2.71 bits per heavy atom. The summed E-state index contributed by atoms with van der Waals surface area (Å²) in [5, 5.41) is 6.62. The van der Waals surface area contributed by atoms with Gasteiger partial charge >= 0.3 is 0 Å². The molecule has 2 amide bonds. The van der Waals surface area contributed by atoms with Crippen LogP contribution in [0, 0.1) is 0 Å². The van der Waals surface area contributed by atoms with Crippen LogP contribution in [0.4, 0.5) is 0 Å². The Hall–Kier alpha value is -2.72. The highest BCUT2D eigenvalue weighted by molar-refractivity contribution is 7.98. The van der Waals surface area contributed by atoms with Gasteiger partial charge < -0.3 is 30.0 Å². The molecule has 10 heteroatoms. The van der Waals surface area contributed by atoms with Gasteiger partial charge in [-0.05, 0) is 49.5 Å². The van der Waals surface area contributed by atoms with Crippen LogP contribution in [0.15, 0.2) is 24.5 Å². The molecule has 1 saturated heterocycles. The van der Waals surface area contributed by atoms with Crippen LogP contribution in [0.5, 0.6) is 11.5 Å². The first-order chi connectivity index (χ1) is 16.5. The predicted octanol–water partition coefficient (Wildman–Crippen LogP) is 1.94. The van der Waals surface area contributed by atoms with E-state index in [1.165, 1.54) is 12.8 Å². The summed E-state index contributed by atoms with van der Waals surface area (Å²) < 4.78 is 10.6. The molecule has 3 heterocycles. The average Bonchev–Trinajstić information content (AvgIpc) is 3.36. The van der Waals surface area contributed by atoms with Crippen LogP contribution in [-0.2, 0) is 16.8 Å². The van der Waals surface area contributed by atoms with Gasteiger partial charge in [-0.2, -0.15) is 11.8 Å². The first-order valence-electron chi connectivity index (χ1n) is 11.6. The van der Waals surface area contributed by atoms with E-state index in [0.717, 1.165) is 37.3 Å². The average molecular weight is 488 g/mol. The number of H-pyrrole nitrogens is 1. The van der Waals surface area contributed by atoms with Crippen molar-refractivity contribution in [3.8, 4) is 11.5 Å². The SMILES string of the molecule is COc1ccc(C(=O)NC(CCSC)C(=O)N2CCC3(CC2)NCCc2[nH]cnc23)cc1OC. The summed E-state index contributed by atoms with van der Waals surface area (Å²) in [6.07, 6.45) is 6.88. The first kappa shape index (κ1) is 24.4. The Bertz CT molecular complexity index is 1020. The summed E-state index contributed by atoms with van der Waals surface area (Å²) in [5.41, 5.74) is 2.53. The minimum Gasteiger partial charge on any atom is -0.493 e. The number of aromatic amines is 1. The number of methoxy groups -OCH3 is 2. The molecular formula is C24H33N5O4S. The van der Waals surface area contributed by atoms with Crippen LogP contribution in [0.25, 0.3) is 0 Å². The molecule has 3 N–H and O–H groups in total. The molecule has 1 aromatic heterocycles. The van der Waals surface area contributed by atoms with Crippen LogP contribution < -0.4 is 20.1 Å². The van der Waals surface area contributed by atoms with Gasteiger partial charge in [0, 0.05) is 37.3 Å². The number of hydrogen-bond acceptors (Lipinski definition) is 7. The van der Waals surface area contributed by atoms with Gasteiger partial charge in [0.15, 0.2) is 11.5 Å². The molecule has 0 aliphatic carbocycles. The molecule has 1 spiro atoms. The molecule has 2 aliphatic rings. The number of benzene rings is 1. The zero-order valence-electron chi connectivity index (χ0n) is 20.0. The number of amides is 2. The number of ether oxygens (including phenoxy) is 2. The Morgan fingerprint density at radius 1 is 1.24 bits per heavy atom. The highest BCUT2D eigenvalue weighted by Gasteiger charge is 2.42. The Balaban J connectivity index is 1.44. The summed E-state index contributed by atoms with van der Waals surface area (Å²) in [5.74, 6) is 1.46. The molecule has 2 aromatic rings. The monoisotopic (exact) mass is 487 g/mol. The van der Waals surface area contributed by atoms with Crippen molar-refractivity contribution < 1.29 is 19.1 Å². The van der Waals surface area contributed by atoms with Gasteiger partial charge in [-0.25, -0.2) is 4.98 Å². The molecule has 1 atom stereocenters. The smallest absolute Gasteiger partial charge is 0.252 e. The quantitative estimate of drug-likeness (QED) is 0.522. The predicted molar refractivity (Wildman–Crippen MR) is 132 cm³/mol. The second-order valence-electron chi connectivity index (χ2n) is 8.69. The van der Waals surface area contributed by atoms with E-state index in [0.29, 0.717) is 36.6 Å². The Morgan fingerprint density at radius 2 is 2.00 bits per heavy atom. The van der Waals surface area contributed by atoms with Gasteiger partial charge in [-0.3, -0.25) is 9.59 Å². The zero-order chi connectivity index (χ0) is 24.1. The highest BCUT2D eigenvalue weighted by Crippen LogP contribution is 2.36. The van der Waals surface area contributed by atoms with Gasteiger partial charge in [-0.1, -0.05) is 0 Å². The third kappa shape index (κ3) is 4.88. The molecule has 1 aromatic carbocycles. The van der Waals surface area contributed by atoms with Crippen LogP contribution in [0.3, 0.4) is 0 Å². The fourth-order valence-electron chi connectivity index (χ4n) is 4.89. The number of thioether (sulfide) groups is 1. The lowest BCUT2D eigenvalue weighted by atomic mass is 9.80. The fourth-order valence-corrected chi connectivity index (χ4v) is 5.36. The number of piperidine rings is 1. The van der Waals surface area contributed by atoms with Crippen molar-refractivity contribution in [3.05, 3.63) is 41.5 Å². The van der Waals surface area contributed by atoms with Gasteiger partial charge in [0.25, 0.3) is 5.91 Å². The number of imidazole rings is 1. The van der Waals surface area contributed by atoms with E-state index in [4.69, 9.17) is 9.47 Å². The third-order valence-electron chi connectivity index (χ3n) is 6.80. The fraction of sp³-hybridized carbons (Fsp3) is 0.542. The molecule has 34 heavy (non-hydrogen) atoms. The van der Waals surface area contributed by atoms with E-state index < -0.39 is 6.04 Å². The normalized spacial score (nSPS) is 17.7. The summed E-state index contributed by atoms with van der Waals surface area (Å²) >= 11 is 1.66. The first-order valence-corrected chi connectivity index (χ1v) is 13.0. The molecule has 2 aliphatic heterocycles. The number of likely N-dealkylation sites (tertiary alicyclic amines) is 1. The van der Waals surface area contributed by atoms with E-state index in [-0.39, 0.29) is 17.4 Å². The summed E-state index contributed by atoms with van der Waals surface area (Å²) in [6.45, 7) is 2.15. The van der Waals surface area contributed by atoms with Gasteiger partial charge in [0.05, 0.1) is 31.8 Å². The van der Waals surface area contributed by atoms with Crippen LogP contribution >= 0.6 is 11.8 Å². The molecule has 4 rings (SSSR count). The van der Waals surface area contributed by atoms with Gasteiger partial charge in [0.1, 0.15) is 6.04 Å². The number of aromatic nitrogens is 2. The highest BCUT2D eigenvalue weighted by atomic mass is 32.2. The second-order valence-corrected chi connectivity index (χ2v) is 9.68. The Labute approximate surface area is 204 Å². The standard InChI is InChI=1S/C24H33N5O4S/c1-32-19-5-4-16(14-20(19)33-2)22(30)28-18(7-13-34-3)23(31)29-11-8-24(9-12-29)21-17(6-10-27-24)25-15-26-21/h4-5,14-15,18,27H,6-13H2,1-3H3,(H,25,26)(H,28,30). The molecule has 1 fully saturated rings. The number of hydrogen-bond donors (Lipinski definition) is 3. The summed E-state index contributed by atoms with van der Waals surface area (Å²) in [6, 6.07) is 4.41. The van der Waals surface area contributed by atoms with Crippen molar-refractivity contribution in [3.63, 3.8) is 0 Å². The topological polar surface area (TPSA) is 109 Å². The van der Waals surface area contributed by atoms with Crippen molar-refractivity contribution in [2.24, 2.45) is 0 Å². The summed E-state index contributed by atoms with van der Waals surface area (Å²) in [7, 11) is 3.08. The van der Waals surface area contributed by atoms with Crippen LogP contribution in [0.1, 0.15) is 41.0 Å². The maximum atomic E-state index is 13.5. The molecule has 0 radical (unpaired) electrons. The number of fused-ring (bicyclic) bond motifs is 2. The van der Waals surface area contributed by atoms with Gasteiger partial charge in [-0.15, -0.1) is 0 Å².